The van der Waals surface area contributed by atoms with Gasteiger partial charge in [-0.3, -0.25) is 9.59 Å². The Bertz CT molecular complexity index is 861. The second kappa shape index (κ2) is 9.44. The third-order valence-corrected chi connectivity index (χ3v) is 6.26. The fraction of sp³-hybridized carbons (Fsp3) is 0.478. The van der Waals surface area contributed by atoms with Gasteiger partial charge in [-0.1, -0.05) is 32.0 Å². The number of aryl methyl sites for hydroxylation is 1. The van der Waals surface area contributed by atoms with Crippen LogP contribution < -0.4 is 4.74 Å². The maximum absolute atomic E-state index is 13.2. The lowest BCUT2D eigenvalue weighted by atomic mass is 10.00. The first-order chi connectivity index (χ1) is 13.9. The molecule has 5 nitrogen and oxygen atoms in total. The summed E-state index contributed by atoms with van der Waals surface area (Å²) in [7, 11) is 0. The molecule has 1 aromatic carbocycles. The second-order valence-corrected chi connectivity index (χ2v) is 9.02. The molecule has 156 valence electrons. The van der Waals surface area contributed by atoms with Crippen LogP contribution in [0, 0.1) is 12.8 Å². The van der Waals surface area contributed by atoms with Crippen molar-refractivity contribution in [3.8, 4) is 5.75 Å². The summed E-state index contributed by atoms with van der Waals surface area (Å²) in [6.45, 7) is 9.42. The number of hydrogen-bond donors (Lipinski definition) is 0. The summed E-state index contributed by atoms with van der Waals surface area (Å²) in [5.74, 6) is 1.08. The lowest BCUT2D eigenvalue weighted by molar-refractivity contribution is -0.142. The zero-order valence-electron chi connectivity index (χ0n) is 17.7. The molecule has 0 fully saturated rings. The minimum absolute atomic E-state index is 0.0175. The molecule has 0 aliphatic carbocycles. The Morgan fingerprint density at radius 2 is 2.03 bits per heavy atom. The van der Waals surface area contributed by atoms with Crippen molar-refractivity contribution in [3.63, 3.8) is 0 Å². The molecule has 0 bridgehead atoms. The van der Waals surface area contributed by atoms with E-state index in [0.717, 1.165) is 17.7 Å². The molecule has 0 radical (unpaired) electrons. The van der Waals surface area contributed by atoms with Crippen molar-refractivity contribution in [2.45, 2.75) is 40.2 Å². The van der Waals surface area contributed by atoms with E-state index in [2.05, 4.69) is 25.3 Å². The predicted molar refractivity (Wildman–Crippen MR) is 116 cm³/mol. The Balaban J connectivity index is 1.77. The van der Waals surface area contributed by atoms with Gasteiger partial charge < -0.3 is 14.5 Å². The SMILES string of the molecule is CC(=O)N(CC(=O)N1CCc2sccc2C1COc1ccccc1C)CC(C)C. The maximum Gasteiger partial charge on any atom is 0.242 e. The van der Waals surface area contributed by atoms with Crippen LogP contribution in [0.3, 0.4) is 0 Å². The zero-order valence-corrected chi connectivity index (χ0v) is 18.5. The number of thiophene rings is 1. The number of rotatable bonds is 7. The molecule has 1 aliphatic heterocycles. The first-order valence-corrected chi connectivity index (χ1v) is 11.0. The topological polar surface area (TPSA) is 49.9 Å². The van der Waals surface area contributed by atoms with E-state index in [9.17, 15) is 9.59 Å². The summed E-state index contributed by atoms with van der Waals surface area (Å²) in [5.41, 5.74) is 2.24. The van der Waals surface area contributed by atoms with E-state index in [4.69, 9.17) is 4.74 Å². The number of carbonyl (C=O) groups excluding carboxylic acids is 2. The van der Waals surface area contributed by atoms with Gasteiger partial charge in [-0.25, -0.2) is 0 Å². The molecule has 0 spiro atoms. The molecule has 1 aliphatic rings. The quantitative estimate of drug-likeness (QED) is 0.686. The predicted octanol–water partition coefficient (Wildman–Crippen LogP) is 4.07. The van der Waals surface area contributed by atoms with Crippen LogP contribution in [-0.4, -0.2) is 47.9 Å². The van der Waals surface area contributed by atoms with E-state index in [1.54, 1.807) is 16.2 Å². The number of benzene rings is 1. The molecule has 2 heterocycles. The van der Waals surface area contributed by atoms with Crippen molar-refractivity contribution in [3.05, 3.63) is 51.7 Å². The highest BCUT2D eigenvalue weighted by Crippen LogP contribution is 2.34. The molecule has 0 N–H and O–H groups in total. The summed E-state index contributed by atoms with van der Waals surface area (Å²) in [6.07, 6.45) is 0.851. The molecule has 1 unspecified atom stereocenters. The lowest BCUT2D eigenvalue weighted by Crippen LogP contribution is -2.48. The zero-order chi connectivity index (χ0) is 21.0. The summed E-state index contributed by atoms with van der Waals surface area (Å²) < 4.78 is 6.13. The van der Waals surface area contributed by atoms with Crippen LogP contribution in [0.5, 0.6) is 5.75 Å². The fourth-order valence-electron chi connectivity index (χ4n) is 3.76. The first-order valence-electron chi connectivity index (χ1n) is 10.2. The summed E-state index contributed by atoms with van der Waals surface area (Å²) >= 11 is 1.74. The molecule has 0 saturated carbocycles. The van der Waals surface area contributed by atoms with Gasteiger partial charge in [0, 0.05) is 24.9 Å². The van der Waals surface area contributed by atoms with Crippen molar-refractivity contribution in [1.82, 2.24) is 9.80 Å². The standard InChI is InChI=1S/C23H30N2O3S/c1-16(2)13-24(18(4)26)14-23(27)25-11-9-22-19(10-12-29-22)20(25)15-28-21-8-6-5-7-17(21)3/h5-8,10,12,16,20H,9,11,13-15H2,1-4H3. The van der Waals surface area contributed by atoms with Crippen LogP contribution in [0.1, 0.15) is 42.8 Å². The van der Waals surface area contributed by atoms with Gasteiger partial charge in [-0.2, -0.15) is 0 Å². The number of ether oxygens (including phenoxy) is 1. The maximum atomic E-state index is 13.2. The van der Waals surface area contributed by atoms with E-state index in [-0.39, 0.29) is 24.4 Å². The average molecular weight is 415 g/mol. The number of amides is 2. The van der Waals surface area contributed by atoms with Gasteiger partial charge in [0.15, 0.2) is 0 Å². The lowest BCUT2D eigenvalue weighted by Gasteiger charge is -2.37. The van der Waals surface area contributed by atoms with E-state index in [0.29, 0.717) is 25.6 Å². The Kier molecular flexibility index (Phi) is 6.96. The van der Waals surface area contributed by atoms with Crippen LogP contribution >= 0.6 is 11.3 Å². The van der Waals surface area contributed by atoms with Gasteiger partial charge in [0.05, 0.1) is 12.6 Å². The smallest absolute Gasteiger partial charge is 0.242 e. The molecular weight excluding hydrogens is 384 g/mol. The van der Waals surface area contributed by atoms with Gasteiger partial charge in [-0.05, 0) is 47.9 Å². The molecule has 2 amide bonds. The van der Waals surface area contributed by atoms with Gasteiger partial charge >= 0.3 is 0 Å². The molecule has 6 heteroatoms. The van der Waals surface area contributed by atoms with Gasteiger partial charge in [0.25, 0.3) is 0 Å². The molecule has 29 heavy (non-hydrogen) atoms. The number of carbonyl (C=O) groups is 2. The number of fused-ring (bicyclic) bond motifs is 1. The number of nitrogens with zero attached hydrogens (tertiary/aromatic N) is 2. The summed E-state index contributed by atoms with van der Waals surface area (Å²) in [4.78, 5) is 30.1. The van der Waals surface area contributed by atoms with Crippen LogP contribution in [0.25, 0.3) is 0 Å². The van der Waals surface area contributed by atoms with Crippen LogP contribution in [0.15, 0.2) is 35.7 Å². The van der Waals surface area contributed by atoms with E-state index < -0.39 is 0 Å². The van der Waals surface area contributed by atoms with Crippen LogP contribution in [0.2, 0.25) is 0 Å². The average Bonchev–Trinajstić information content (AvgIpc) is 3.15. The van der Waals surface area contributed by atoms with Crippen molar-refractivity contribution in [1.29, 1.82) is 0 Å². The highest BCUT2D eigenvalue weighted by Gasteiger charge is 2.33. The van der Waals surface area contributed by atoms with Crippen LogP contribution in [-0.2, 0) is 16.0 Å². The molecule has 1 atom stereocenters. The Morgan fingerprint density at radius 3 is 2.72 bits per heavy atom. The summed E-state index contributed by atoms with van der Waals surface area (Å²) in [5, 5.41) is 2.08. The third-order valence-electron chi connectivity index (χ3n) is 5.26. The van der Waals surface area contributed by atoms with Gasteiger partial charge in [0.2, 0.25) is 11.8 Å². The molecular formula is C23H30N2O3S. The fourth-order valence-corrected chi connectivity index (χ4v) is 4.69. The molecule has 3 rings (SSSR count). The Morgan fingerprint density at radius 1 is 1.28 bits per heavy atom. The van der Waals surface area contributed by atoms with Crippen molar-refractivity contribution in [2.75, 3.05) is 26.2 Å². The first kappa shape index (κ1) is 21.4. The number of hydrogen-bond acceptors (Lipinski definition) is 4. The van der Waals surface area contributed by atoms with E-state index >= 15 is 0 Å². The Hall–Kier alpha value is -2.34. The molecule has 0 saturated heterocycles. The number of para-hydroxylation sites is 1. The molecule has 1 aromatic heterocycles. The van der Waals surface area contributed by atoms with Crippen LogP contribution in [0.4, 0.5) is 0 Å². The normalized spacial score (nSPS) is 15.9. The Labute approximate surface area is 177 Å². The van der Waals surface area contributed by atoms with Crippen molar-refractivity contribution in [2.24, 2.45) is 5.92 Å². The van der Waals surface area contributed by atoms with Gasteiger partial charge in [-0.15, -0.1) is 11.3 Å². The monoisotopic (exact) mass is 414 g/mol. The van der Waals surface area contributed by atoms with Crippen molar-refractivity contribution < 1.29 is 14.3 Å². The second-order valence-electron chi connectivity index (χ2n) is 8.02. The van der Waals surface area contributed by atoms with E-state index in [1.165, 1.54) is 17.4 Å². The van der Waals surface area contributed by atoms with Crippen molar-refractivity contribution >= 4 is 23.2 Å². The van der Waals surface area contributed by atoms with E-state index in [1.807, 2.05) is 36.1 Å². The largest absolute Gasteiger partial charge is 0.491 e. The summed E-state index contributed by atoms with van der Waals surface area (Å²) in [6, 6.07) is 9.89. The van der Waals surface area contributed by atoms with Gasteiger partial charge in [0.1, 0.15) is 12.4 Å². The minimum Gasteiger partial charge on any atom is -0.491 e. The third kappa shape index (κ3) is 5.18. The molecule has 2 aromatic rings. The highest BCUT2D eigenvalue weighted by molar-refractivity contribution is 7.10. The highest BCUT2D eigenvalue weighted by atomic mass is 32.1. The minimum atomic E-state index is -0.134.